The number of rotatable bonds is 1. The lowest BCUT2D eigenvalue weighted by Gasteiger charge is -2.03. The molecule has 0 unspecified atom stereocenters. The maximum atomic E-state index is 6.07. The lowest BCUT2D eigenvalue weighted by molar-refractivity contribution is 1.09. The highest BCUT2D eigenvalue weighted by Crippen LogP contribution is 2.22. The maximum Gasteiger partial charge on any atom is 0.209 e. The minimum atomic E-state index is 0.393. The van der Waals surface area contributed by atoms with Gasteiger partial charge in [0.05, 0.1) is 5.69 Å². The first kappa shape index (κ1) is 10.6. The lowest BCUT2D eigenvalue weighted by Crippen LogP contribution is -1.92. The molecule has 3 nitrogen and oxygen atoms in total. The molecule has 0 spiro atoms. The van der Waals surface area contributed by atoms with E-state index in [9.17, 15) is 0 Å². The van der Waals surface area contributed by atoms with Crippen molar-refractivity contribution in [2.75, 3.05) is 0 Å². The van der Waals surface area contributed by atoms with Gasteiger partial charge in [-0.2, -0.15) is 0 Å². The summed E-state index contributed by atoms with van der Waals surface area (Å²) < 4.78 is 1.72. The molecule has 17 heavy (non-hydrogen) atoms. The third-order valence-electron chi connectivity index (χ3n) is 2.49. The zero-order valence-electron chi connectivity index (χ0n) is 8.64. The summed E-state index contributed by atoms with van der Waals surface area (Å²) in [5.41, 5.74) is 2.52. The van der Waals surface area contributed by atoms with Crippen molar-refractivity contribution in [2.24, 2.45) is 0 Å². The van der Waals surface area contributed by atoms with Crippen LogP contribution in [0.4, 0.5) is 0 Å². The van der Waals surface area contributed by atoms with Crippen LogP contribution in [0.25, 0.3) is 16.9 Å². The largest absolute Gasteiger partial charge is 0.274 e. The quantitative estimate of drug-likeness (QED) is 0.627. The predicted octanol–water partition coefficient (Wildman–Crippen LogP) is 3.70. The summed E-state index contributed by atoms with van der Waals surface area (Å²) in [6.07, 6.45) is 3.46. The second-order valence-corrected chi connectivity index (χ2v) is 4.35. The monoisotopic (exact) mass is 263 g/mol. The minimum absolute atomic E-state index is 0.393. The molecule has 0 aliphatic carbocycles. The molecule has 3 aromatic rings. The van der Waals surface area contributed by atoms with E-state index in [-0.39, 0.29) is 0 Å². The van der Waals surface area contributed by atoms with Crippen molar-refractivity contribution < 1.29 is 0 Å². The zero-order chi connectivity index (χ0) is 11.8. The summed E-state index contributed by atoms with van der Waals surface area (Å²) in [6.45, 7) is 0. The van der Waals surface area contributed by atoms with Crippen LogP contribution in [-0.4, -0.2) is 14.4 Å². The van der Waals surface area contributed by atoms with E-state index in [1.165, 1.54) is 0 Å². The highest BCUT2D eigenvalue weighted by atomic mass is 35.5. The highest BCUT2D eigenvalue weighted by Gasteiger charge is 2.06. The molecule has 0 aliphatic heterocycles. The second kappa shape index (κ2) is 4.02. The molecule has 84 valence electrons. The van der Waals surface area contributed by atoms with Gasteiger partial charge in [0.2, 0.25) is 5.28 Å². The van der Waals surface area contributed by atoms with Crippen molar-refractivity contribution in [3.8, 4) is 11.3 Å². The van der Waals surface area contributed by atoms with Gasteiger partial charge in [0.25, 0.3) is 0 Å². The summed E-state index contributed by atoms with van der Waals surface area (Å²) in [4.78, 5) is 8.51. The summed E-state index contributed by atoms with van der Waals surface area (Å²) in [6, 6.07) is 9.33. The van der Waals surface area contributed by atoms with Crippen LogP contribution in [0.5, 0.6) is 0 Å². The van der Waals surface area contributed by atoms with Gasteiger partial charge in [-0.05, 0) is 23.7 Å². The third-order valence-corrected chi connectivity index (χ3v) is 3.01. The van der Waals surface area contributed by atoms with Gasteiger partial charge < -0.3 is 0 Å². The van der Waals surface area contributed by atoms with E-state index in [1.54, 1.807) is 16.8 Å². The molecule has 0 N–H and O–H groups in total. The molecule has 0 aliphatic rings. The standard InChI is InChI=1S/C12H7Cl2N3/c13-9-3-1-8(2-4-9)10-7-11-15-5-6-17(11)12(14)16-10/h1-7H. The van der Waals surface area contributed by atoms with Crippen molar-refractivity contribution in [2.45, 2.75) is 0 Å². The van der Waals surface area contributed by atoms with Crippen LogP contribution in [0, 0.1) is 0 Å². The van der Waals surface area contributed by atoms with E-state index in [0.29, 0.717) is 10.3 Å². The van der Waals surface area contributed by atoms with Crippen LogP contribution in [-0.2, 0) is 0 Å². The lowest BCUT2D eigenvalue weighted by atomic mass is 10.1. The molecular formula is C12H7Cl2N3. The summed E-state index contributed by atoms with van der Waals surface area (Å²) in [5, 5.41) is 1.09. The molecule has 3 rings (SSSR count). The average molecular weight is 264 g/mol. The van der Waals surface area contributed by atoms with Gasteiger partial charge in [-0.25, -0.2) is 9.97 Å². The van der Waals surface area contributed by atoms with Crippen molar-refractivity contribution in [3.05, 3.63) is 53.0 Å². The molecular weight excluding hydrogens is 257 g/mol. The fourth-order valence-corrected chi connectivity index (χ4v) is 2.01. The first-order valence-electron chi connectivity index (χ1n) is 4.99. The Bertz CT molecular complexity index is 674. The Hall–Kier alpha value is -1.58. The third kappa shape index (κ3) is 1.88. The first-order chi connectivity index (χ1) is 8.24. The van der Waals surface area contributed by atoms with Crippen molar-refractivity contribution in [1.82, 2.24) is 14.4 Å². The number of imidazole rings is 1. The fraction of sp³-hybridized carbons (Fsp3) is 0. The van der Waals surface area contributed by atoms with Gasteiger partial charge in [0, 0.05) is 29.0 Å². The van der Waals surface area contributed by atoms with E-state index in [0.717, 1.165) is 16.9 Å². The van der Waals surface area contributed by atoms with Crippen molar-refractivity contribution in [1.29, 1.82) is 0 Å². The van der Waals surface area contributed by atoms with Crippen LogP contribution in [0.2, 0.25) is 10.3 Å². The van der Waals surface area contributed by atoms with Crippen LogP contribution < -0.4 is 0 Å². The molecule has 0 bridgehead atoms. The van der Waals surface area contributed by atoms with Crippen LogP contribution in [0.3, 0.4) is 0 Å². The molecule has 2 aromatic heterocycles. The Kier molecular flexibility index (Phi) is 2.50. The number of nitrogens with zero attached hydrogens (tertiary/aromatic N) is 3. The summed E-state index contributed by atoms with van der Waals surface area (Å²) in [7, 11) is 0. The average Bonchev–Trinajstić information content (AvgIpc) is 2.78. The number of halogens is 2. The second-order valence-electron chi connectivity index (χ2n) is 3.57. The Morgan fingerprint density at radius 1 is 1.06 bits per heavy atom. The topological polar surface area (TPSA) is 30.2 Å². The zero-order valence-corrected chi connectivity index (χ0v) is 10.2. The molecule has 0 saturated carbocycles. The van der Waals surface area contributed by atoms with Gasteiger partial charge in [0.15, 0.2) is 0 Å². The number of fused-ring (bicyclic) bond motifs is 1. The predicted molar refractivity (Wildman–Crippen MR) is 68.4 cm³/mol. The van der Waals surface area contributed by atoms with E-state index in [1.807, 2.05) is 30.3 Å². The SMILES string of the molecule is Clc1ccc(-c2cc3nccn3c(Cl)n2)cc1. The van der Waals surface area contributed by atoms with Crippen LogP contribution >= 0.6 is 23.2 Å². The minimum Gasteiger partial charge on any atom is -0.274 e. The van der Waals surface area contributed by atoms with Crippen molar-refractivity contribution in [3.63, 3.8) is 0 Å². The molecule has 0 fully saturated rings. The fourth-order valence-electron chi connectivity index (χ4n) is 1.65. The Balaban J connectivity index is 2.20. The van der Waals surface area contributed by atoms with Gasteiger partial charge in [-0.15, -0.1) is 0 Å². The van der Waals surface area contributed by atoms with E-state index in [2.05, 4.69) is 9.97 Å². The molecule has 2 heterocycles. The Morgan fingerprint density at radius 3 is 2.59 bits per heavy atom. The number of benzene rings is 1. The smallest absolute Gasteiger partial charge is 0.209 e. The molecule has 1 aromatic carbocycles. The first-order valence-corrected chi connectivity index (χ1v) is 5.75. The van der Waals surface area contributed by atoms with Gasteiger partial charge in [-0.1, -0.05) is 23.7 Å². The molecule has 0 radical (unpaired) electrons. The van der Waals surface area contributed by atoms with E-state index < -0.39 is 0 Å². The summed E-state index contributed by atoms with van der Waals surface area (Å²) >= 11 is 11.9. The van der Waals surface area contributed by atoms with Crippen LogP contribution in [0.15, 0.2) is 42.7 Å². The van der Waals surface area contributed by atoms with Gasteiger partial charge >= 0.3 is 0 Å². The Morgan fingerprint density at radius 2 is 1.82 bits per heavy atom. The number of aromatic nitrogens is 3. The Labute approximate surface area is 108 Å². The van der Waals surface area contributed by atoms with Gasteiger partial charge in [-0.3, -0.25) is 4.40 Å². The normalized spacial score (nSPS) is 10.9. The van der Waals surface area contributed by atoms with Gasteiger partial charge in [0.1, 0.15) is 5.65 Å². The van der Waals surface area contributed by atoms with E-state index in [4.69, 9.17) is 23.2 Å². The van der Waals surface area contributed by atoms with E-state index >= 15 is 0 Å². The number of hydrogen-bond donors (Lipinski definition) is 0. The molecule has 5 heteroatoms. The molecule has 0 saturated heterocycles. The van der Waals surface area contributed by atoms with Crippen molar-refractivity contribution >= 4 is 28.8 Å². The number of hydrogen-bond acceptors (Lipinski definition) is 2. The maximum absolute atomic E-state index is 6.07. The molecule has 0 amide bonds. The highest BCUT2D eigenvalue weighted by molar-refractivity contribution is 6.30. The summed E-state index contributed by atoms with van der Waals surface area (Å²) in [5.74, 6) is 0. The van der Waals surface area contributed by atoms with Crippen LogP contribution in [0.1, 0.15) is 0 Å². The molecule has 0 atom stereocenters.